The van der Waals surface area contributed by atoms with Crippen molar-refractivity contribution in [1.29, 1.82) is 0 Å². The lowest BCUT2D eigenvalue weighted by atomic mass is 9.95. The van der Waals surface area contributed by atoms with Crippen molar-refractivity contribution < 1.29 is 4.79 Å². The first kappa shape index (κ1) is 13.1. The number of rotatable bonds is 3. The second kappa shape index (κ2) is 4.73. The molecule has 0 N–H and O–H groups in total. The molecule has 0 aliphatic heterocycles. The average molecular weight is 265 g/mol. The summed E-state index contributed by atoms with van der Waals surface area (Å²) >= 11 is 6.01. The molecular formula is C14H17ClN2O. The molecule has 0 radical (unpaired) electrons. The highest BCUT2D eigenvalue weighted by Crippen LogP contribution is 2.27. The number of Topliss-reactive ketones (excluding diaryl/α,β-unsaturated/α-hetero) is 1. The first-order valence-corrected chi connectivity index (χ1v) is 6.51. The summed E-state index contributed by atoms with van der Waals surface area (Å²) in [6.45, 7) is 7.89. The minimum absolute atomic E-state index is 0.0468. The maximum absolute atomic E-state index is 12.4. The van der Waals surface area contributed by atoms with Crippen LogP contribution in [0.2, 0.25) is 5.02 Å². The molecule has 3 nitrogen and oxygen atoms in total. The van der Waals surface area contributed by atoms with E-state index in [0.29, 0.717) is 10.6 Å². The average Bonchev–Trinajstić information content (AvgIpc) is 2.66. The van der Waals surface area contributed by atoms with Crippen molar-refractivity contribution in [3.63, 3.8) is 0 Å². The van der Waals surface area contributed by atoms with Gasteiger partial charge in [-0.3, -0.25) is 4.79 Å². The summed E-state index contributed by atoms with van der Waals surface area (Å²) in [5.41, 5.74) is 2.35. The molecule has 0 aliphatic carbocycles. The third-order valence-corrected chi connectivity index (χ3v) is 3.18. The van der Waals surface area contributed by atoms with Crippen LogP contribution in [-0.2, 0) is 0 Å². The zero-order chi connectivity index (χ0) is 13.4. The topological polar surface area (TPSA) is 34.4 Å². The van der Waals surface area contributed by atoms with Gasteiger partial charge in [-0.05, 0) is 18.1 Å². The van der Waals surface area contributed by atoms with E-state index in [4.69, 9.17) is 11.6 Å². The molecule has 0 saturated heterocycles. The summed E-state index contributed by atoms with van der Waals surface area (Å²) in [6.07, 6.45) is 1.79. The lowest BCUT2D eigenvalue weighted by Crippen LogP contribution is -2.10. The lowest BCUT2D eigenvalue weighted by molar-refractivity contribution is 0.0939. The van der Waals surface area contributed by atoms with Gasteiger partial charge < -0.3 is 0 Å². The Morgan fingerprint density at radius 2 is 2.00 bits per heavy atom. The third kappa shape index (κ3) is 2.15. The molecule has 0 amide bonds. The minimum Gasteiger partial charge on any atom is -0.294 e. The molecule has 0 fully saturated rings. The Kier molecular flexibility index (Phi) is 3.44. The van der Waals surface area contributed by atoms with Crippen molar-refractivity contribution in [1.82, 2.24) is 9.61 Å². The summed E-state index contributed by atoms with van der Waals surface area (Å²) in [5, 5.41) is 5.11. The van der Waals surface area contributed by atoms with E-state index in [1.165, 1.54) is 0 Å². The number of nitrogens with zero attached hydrogens (tertiary/aromatic N) is 2. The molecule has 0 aliphatic rings. The standard InChI is InChI=1S/C14H17ClN2O/c1-8(2)13-12(14(18)9(3)4)11-7-10(15)5-6-17(11)16-13/h5-9H,1-4H3. The highest BCUT2D eigenvalue weighted by atomic mass is 35.5. The molecule has 0 atom stereocenters. The van der Waals surface area contributed by atoms with E-state index in [1.54, 1.807) is 22.8 Å². The third-order valence-electron chi connectivity index (χ3n) is 2.94. The Labute approximate surface area is 112 Å². The zero-order valence-corrected chi connectivity index (χ0v) is 11.8. The number of aromatic nitrogens is 2. The molecule has 0 unspecified atom stereocenters. The van der Waals surface area contributed by atoms with Gasteiger partial charge in [0.2, 0.25) is 0 Å². The minimum atomic E-state index is -0.0468. The summed E-state index contributed by atoms with van der Waals surface area (Å²) in [5.74, 6) is 0.284. The van der Waals surface area contributed by atoms with Crippen LogP contribution in [0.1, 0.15) is 49.7 Å². The summed E-state index contributed by atoms with van der Waals surface area (Å²) in [7, 11) is 0. The van der Waals surface area contributed by atoms with Gasteiger partial charge in [-0.15, -0.1) is 0 Å². The molecule has 18 heavy (non-hydrogen) atoms. The van der Waals surface area contributed by atoms with Crippen LogP contribution in [-0.4, -0.2) is 15.4 Å². The number of halogens is 1. The zero-order valence-electron chi connectivity index (χ0n) is 11.1. The highest BCUT2D eigenvalue weighted by molar-refractivity contribution is 6.31. The van der Waals surface area contributed by atoms with Crippen LogP contribution in [0.5, 0.6) is 0 Å². The number of pyridine rings is 1. The molecule has 0 spiro atoms. The molecular weight excluding hydrogens is 248 g/mol. The Balaban J connectivity index is 2.76. The molecule has 0 bridgehead atoms. The second-order valence-corrected chi connectivity index (χ2v) is 5.55. The second-order valence-electron chi connectivity index (χ2n) is 5.11. The number of carbonyl (C=O) groups is 1. The molecule has 2 aromatic rings. The van der Waals surface area contributed by atoms with Gasteiger partial charge in [-0.25, -0.2) is 4.52 Å². The summed E-state index contributed by atoms with van der Waals surface area (Å²) < 4.78 is 1.73. The number of hydrogen-bond donors (Lipinski definition) is 0. The maximum Gasteiger partial charge on any atom is 0.169 e. The molecule has 2 aromatic heterocycles. The van der Waals surface area contributed by atoms with Crippen LogP contribution in [0.25, 0.3) is 5.52 Å². The summed E-state index contributed by atoms with van der Waals surface area (Å²) in [6, 6.07) is 3.57. The van der Waals surface area contributed by atoms with Crippen LogP contribution in [0.15, 0.2) is 18.3 Å². The maximum atomic E-state index is 12.4. The van der Waals surface area contributed by atoms with E-state index in [9.17, 15) is 4.79 Å². The van der Waals surface area contributed by atoms with Crippen molar-refractivity contribution in [3.05, 3.63) is 34.6 Å². The molecule has 4 heteroatoms. The Hall–Kier alpha value is -1.35. The van der Waals surface area contributed by atoms with E-state index < -0.39 is 0 Å². The lowest BCUT2D eigenvalue weighted by Gasteiger charge is -2.07. The van der Waals surface area contributed by atoms with Crippen LogP contribution in [0.3, 0.4) is 0 Å². The number of fused-ring (bicyclic) bond motifs is 1. The van der Waals surface area contributed by atoms with Gasteiger partial charge in [0, 0.05) is 17.1 Å². The fourth-order valence-electron chi connectivity index (χ4n) is 1.98. The van der Waals surface area contributed by atoms with Crippen LogP contribution in [0.4, 0.5) is 0 Å². The van der Waals surface area contributed by atoms with E-state index in [0.717, 1.165) is 11.2 Å². The predicted octanol–water partition coefficient (Wildman–Crippen LogP) is 3.95. The van der Waals surface area contributed by atoms with E-state index in [1.807, 2.05) is 27.7 Å². The molecule has 0 saturated carbocycles. The van der Waals surface area contributed by atoms with Crippen molar-refractivity contribution >= 4 is 22.9 Å². The van der Waals surface area contributed by atoms with Crippen molar-refractivity contribution in [2.75, 3.05) is 0 Å². The van der Waals surface area contributed by atoms with E-state index in [-0.39, 0.29) is 17.6 Å². The molecule has 2 rings (SSSR count). The first-order valence-electron chi connectivity index (χ1n) is 6.13. The van der Waals surface area contributed by atoms with Crippen molar-refractivity contribution in [2.45, 2.75) is 33.6 Å². The smallest absolute Gasteiger partial charge is 0.169 e. The van der Waals surface area contributed by atoms with Gasteiger partial charge in [0.1, 0.15) is 0 Å². The van der Waals surface area contributed by atoms with Gasteiger partial charge in [-0.1, -0.05) is 39.3 Å². The predicted molar refractivity (Wildman–Crippen MR) is 73.5 cm³/mol. The molecule has 96 valence electrons. The number of carbonyl (C=O) groups excluding carboxylic acids is 1. The monoisotopic (exact) mass is 264 g/mol. The van der Waals surface area contributed by atoms with Gasteiger partial charge in [0.05, 0.1) is 16.8 Å². The fourth-order valence-corrected chi connectivity index (χ4v) is 2.14. The number of hydrogen-bond acceptors (Lipinski definition) is 2. The first-order chi connectivity index (χ1) is 8.41. The SMILES string of the molecule is CC(C)C(=O)c1c(C(C)C)nn2ccc(Cl)cc12. The molecule has 0 aromatic carbocycles. The van der Waals surface area contributed by atoms with Gasteiger partial charge >= 0.3 is 0 Å². The van der Waals surface area contributed by atoms with Gasteiger partial charge in [-0.2, -0.15) is 5.10 Å². The fraction of sp³-hybridized carbons (Fsp3) is 0.429. The quantitative estimate of drug-likeness (QED) is 0.787. The van der Waals surface area contributed by atoms with Crippen molar-refractivity contribution in [2.24, 2.45) is 5.92 Å². The normalized spacial score (nSPS) is 11.7. The Bertz CT molecular complexity index is 599. The van der Waals surface area contributed by atoms with Gasteiger partial charge in [0.15, 0.2) is 5.78 Å². The van der Waals surface area contributed by atoms with E-state index >= 15 is 0 Å². The Morgan fingerprint density at radius 1 is 1.33 bits per heavy atom. The molecule has 2 heterocycles. The summed E-state index contributed by atoms with van der Waals surface area (Å²) in [4.78, 5) is 12.4. The largest absolute Gasteiger partial charge is 0.294 e. The van der Waals surface area contributed by atoms with E-state index in [2.05, 4.69) is 5.10 Å². The van der Waals surface area contributed by atoms with Crippen molar-refractivity contribution in [3.8, 4) is 0 Å². The number of ketones is 1. The Morgan fingerprint density at radius 3 is 2.56 bits per heavy atom. The van der Waals surface area contributed by atoms with Crippen LogP contribution in [0, 0.1) is 5.92 Å². The highest BCUT2D eigenvalue weighted by Gasteiger charge is 2.23. The van der Waals surface area contributed by atoms with Crippen LogP contribution < -0.4 is 0 Å². The van der Waals surface area contributed by atoms with Crippen LogP contribution >= 0.6 is 11.6 Å². The van der Waals surface area contributed by atoms with Gasteiger partial charge in [0.25, 0.3) is 0 Å².